The number of amides is 1. The lowest BCUT2D eigenvalue weighted by Crippen LogP contribution is -2.61. The molecule has 0 aromatic heterocycles. The number of hydrogen-bond acceptors (Lipinski definition) is 10. The van der Waals surface area contributed by atoms with Gasteiger partial charge in [0.15, 0.2) is 6.29 Å². The first-order chi connectivity index (χ1) is 30.5. The number of nitrogens with one attached hydrogen (secondary N) is 1. The van der Waals surface area contributed by atoms with Gasteiger partial charge in [0.2, 0.25) is 5.91 Å². The van der Waals surface area contributed by atoms with E-state index in [4.69, 9.17) is 9.47 Å². The van der Waals surface area contributed by atoms with Gasteiger partial charge < -0.3 is 35.2 Å². The van der Waals surface area contributed by atoms with Gasteiger partial charge in [0.1, 0.15) is 24.4 Å². The quantitative estimate of drug-likeness (QED) is 0.0194. The molecule has 6 N–H and O–H groups in total. The number of rotatable bonds is 44. The molecule has 63 heavy (non-hydrogen) atoms. The highest BCUT2D eigenvalue weighted by Crippen LogP contribution is 2.26. The van der Waals surface area contributed by atoms with E-state index in [0.717, 1.165) is 38.5 Å². The monoisotopic (exact) mass is 918 g/mol. The highest BCUT2D eigenvalue weighted by molar-refractivity contribution is 7.80. The van der Waals surface area contributed by atoms with Gasteiger partial charge in [-0.1, -0.05) is 218 Å². The van der Waals surface area contributed by atoms with Gasteiger partial charge in [0.25, 0.3) is 0 Å². The molecular weight excluding hydrogens is 823 g/mol. The van der Waals surface area contributed by atoms with Crippen LogP contribution in [0.5, 0.6) is 0 Å². The fourth-order valence-electron chi connectivity index (χ4n) is 8.28. The summed E-state index contributed by atoms with van der Waals surface area (Å²) in [5.74, 6) is -0.295. The van der Waals surface area contributed by atoms with Crippen LogP contribution in [0.15, 0.2) is 24.3 Å². The zero-order valence-corrected chi connectivity index (χ0v) is 40.7. The Kier molecular flexibility index (Phi) is 38.6. The van der Waals surface area contributed by atoms with Crippen molar-refractivity contribution < 1.29 is 51.8 Å². The molecule has 0 aromatic rings. The van der Waals surface area contributed by atoms with E-state index in [0.29, 0.717) is 12.8 Å². The topological polar surface area (TPSA) is 192 Å². The molecule has 13 heteroatoms. The highest BCUT2D eigenvalue weighted by Gasteiger charge is 2.48. The predicted molar refractivity (Wildman–Crippen MR) is 255 cm³/mol. The van der Waals surface area contributed by atoms with E-state index < -0.39 is 59.9 Å². The van der Waals surface area contributed by atoms with E-state index in [2.05, 4.69) is 35.5 Å². The van der Waals surface area contributed by atoms with Crippen molar-refractivity contribution in [2.45, 2.75) is 275 Å². The molecule has 372 valence electrons. The van der Waals surface area contributed by atoms with Gasteiger partial charge in [0, 0.05) is 6.42 Å². The number of allylic oxidation sites excluding steroid dienone is 4. The van der Waals surface area contributed by atoms with Crippen molar-refractivity contribution >= 4 is 16.3 Å². The Morgan fingerprint density at radius 3 is 1.51 bits per heavy atom. The molecular formula is C50H95NO11S. The third-order valence-corrected chi connectivity index (χ3v) is 12.7. The van der Waals surface area contributed by atoms with Crippen LogP contribution in [0.2, 0.25) is 0 Å². The van der Waals surface area contributed by atoms with Gasteiger partial charge in [-0.15, -0.1) is 0 Å². The van der Waals surface area contributed by atoms with Crippen molar-refractivity contribution in [2.75, 3.05) is 13.2 Å². The average molecular weight is 918 g/mol. The van der Waals surface area contributed by atoms with Crippen molar-refractivity contribution in [1.82, 2.24) is 5.32 Å². The normalized spacial score (nSPS) is 20.5. The Balaban J connectivity index is 2.41. The number of aliphatic hydroxyl groups is 4. The molecule has 1 rings (SSSR count). The molecule has 0 aromatic carbocycles. The minimum atomic E-state index is -5.08. The summed E-state index contributed by atoms with van der Waals surface area (Å²) in [6, 6.07) is -0.887. The number of ether oxygens (including phenoxy) is 2. The molecule has 0 saturated carbocycles. The van der Waals surface area contributed by atoms with Crippen molar-refractivity contribution in [3.63, 3.8) is 0 Å². The molecule has 1 heterocycles. The molecule has 7 atom stereocenters. The van der Waals surface area contributed by atoms with Crippen LogP contribution < -0.4 is 5.32 Å². The summed E-state index contributed by atoms with van der Waals surface area (Å²) in [5.41, 5.74) is 0. The summed E-state index contributed by atoms with van der Waals surface area (Å²) in [5, 5.41) is 44.9. The molecule has 1 fully saturated rings. The first-order valence-corrected chi connectivity index (χ1v) is 27.1. The average Bonchev–Trinajstić information content (AvgIpc) is 3.25. The summed E-state index contributed by atoms with van der Waals surface area (Å²) in [6.07, 6.45) is 39.2. The van der Waals surface area contributed by atoms with Crippen LogP contribution in [0.3, 0.4) is 0 Å². The molecule has 0 spiro atoms. The SMILES string of the molecule is CCCCCCCC/C=C\C/C=C\CCC(=O)NC(COC1OC(CO)C(O)C(OS(=O)(=O)O)C1O)C(O)CCCCCCCCCCCCCCCCCCCCCCCCC. The summed E-state index contributed by atoms with van der Waals surface area (Å²) < 4.78 is 47.7. The van der Waals surface area contributed by atoms with Crippen LogP contribution in [0.25, 0.3) is 0 Å². The Labute approximate surface area is 384 Å². The number of carbonyl (C=O) groups excluding carboxylic acids is 1. The standard InChI is InChI=1S/C50H95NO11S/c1-3-5-7-9-11-13-15-17-18-19-20-21-22-23-24-25-26-28-29-31-33-35-37-39-44(53)43(42-60-50-48(56)49(62-63(57,58)59)47(55)45(41-52)61-50)51-46(54)40-38-36-34-32-30-27-16-14-12-10-8-6-4-2/h27,30,34,36,43-45,47-50,52-53,55-56H,3-26,28-29,31-33,35,37-42H2,1-2H3,(H,51,54)(H,57,58,59)/b30-27-,36-34-. The first kappa shape index (κ1) is 59.6. The molecule has 1 saturated heterocycles. The molecule has 0 bridgehead atoms. The van der Waals surface area contributed by atoms with E-state index in [9.17, 15) is 38.2 Å². The molecule has 0 radical (unpaired) electrons. The van der Waals surface area contributed by atoms with Gasteiger partial charge in [-0.05, 0) is 32.1 Å². The lowest BCUT2D eigenvalue weighted by molar-refractivity contribution is -0.298. The summed E-state index contributed by atoms with van der Waals surface area (Å²) in [4.78, 5) is 13.0. The predicted octanol–water partition coefficient (Wildman–Crippen LogP) is 10.9. The highest BCUT2D eigenvalue weighted by atomic mass is 32.3. The van der Waals surface area contributed by atoms with Crippen LogP contribution in [0.4, 0.5) is 0 Å². The van der Waals surface area contributed by atoms with E-state index in [-0.39, 0.29) is 18.9 Å². The molecule has 12 nitrogen and oxygen atoms in total. The molecule has 1 amide bonds. The van der Waals surface area contributed by atoms with E-state index >= 15 is 0 Å². The summed E-state index contributed by atoms with van der Waals surface area (Å²) >= 11 is 0. The molecule has 0 aliphatic carbocycles. The second-order valence-corrected chi connectivity index (χ2v) is 19.2. The van der Waals surface area contributed by atoms with Crippen LogP contribution in [0.1, 0.15) is 232 Å². The second kappa shape index (κ2) is 40.8. The maximum atomic E-state index is 13.0. The minimum absolute atomic E-state index is 0.187. The molecule has 7 unspecified atom stereocenters. The van der Waals surface area contributed by atoms with Gasteiger partial charge in [-0.25, -0.2) is 4.18 Å². The molecule has 1 aliphatic heterocycles. The lowest BCUT2D eigenvalue weighted by Gasteiger charge is -2.41. The zero-order chi connectivity index (χ0) is 46.2. The fraction of sp³-hybridized carbons (Fsp3) is 0.900. The van der Waals surface area contributed by atoms with Crippen molar-refractivity contribution in [2.24, 2.45) is 0 Å². The van der Waals surface area contributed by atoms with Crippen LogP contribution >= 0.6 is 0 Å². The number of unbranched alkanes of at least 4 members (excludes halogenated alkanes) is 28. The number of hydrogen-bond donors (Lipinski definition) is 6. The Bertz CT molecular complexity index is 1220. The smallest absolute Gasteiger partial charge is 0.394 e. The van der Waals surface area contributed by atoms with E-state index in [1.165, 1.54) is 161 Å². The van der Waals surface area contributed by atoms with Gasteiger partial charge in [-0.3, -0.25) is 9.35 Å². The van der Waals surface area contributed by atoms with Crippen molar-refractivity contribution in [1.29, 1.82) is 0 Å². The summed E-state index contributed by atoms with van der Waals surface area (Å²) in [7, 11) is -5.08. The number of carbonyl (C=O) groups is 1. The zero-order valence-electron chi connectivity index (χ0n) is 39.9. The van der Waals surface area contributed by atoms with Crippen molar-refractivity contribution in [3.05, 3.63) is 24.3 Å². The Morgan fingerprint density at radius 1 is 0.635 bits per heavy atom. The van der Waals surface area contributed by atoms with Gasteiger partial charge >= 0.3 is 10.4 Å². The molecule has 1 aliphatic rings. The maximum Gasteiger partial charge on any atom is 0.397 e. The van der Waals surface area contributed by atoms with Crippen molar-refractivity contribution in [3.8, 4) is 0 Å². The van der Waals surface area contributed by atoms with E-state index in [1.54, 1.807) is 0 Å². The first-order valence-electron chi connectivity index (χ1n) is 25.7. The third kappa shape index (κ3) is 33.7. The largest absolute Gasteiger partial charge is 0.397 e. The fourth-order valence-corrected chi connectivity index (χ4v) is 8.78. The minimum Gasteiger partial charge on any atom is -0.394 e. The Morgan fingerprint density at radius 2 is 1.06 bits per heavy atom. The summed E-state index contributed by atoms with van der Waals surface area (Å²) in [6.45, 7) is 3.42. The van der Waals surface area contributed by atoms with E-state index in [1.807, 2.05) is 12.2 Å². The third-order valence-electron chi connectivity index (χ3n) is 12.3. The maximum absolute atomic E-state index is 13.0. The number of aliphatic hydroxyl groups excluding tert-OH is 4. The Hall–Kier alpha value is -1.42. The van der Waals surface area contributed by atoms with Gasteiger partial charge in [0.05, 0.1) is 25.4 Å². The second-order valence-electron chi connectivity index (χ2n) is 18.1. The lowest BCUT2D eigenvalue weighted by atomic mass is 9.99. The van der Waals surface area contributed by atoms with Gasteiger partial charge in [-0.2, -0.15) is 8.42 Å². The van der Waals surface area contributed by atoms with Crippen LogP contribution in [-0.4, -0.2) is 95.4 Å². The van der Waals surface area contributed by atoms with Crippen LogP contribution in [0, 0.1) is 0 Å². The van der Waals surface area contributed by atoms with Crippen LogP contribution in [-0.2, 0) is 28.9 Å².